The molecule has 0 spiro atoms. The summed E-state index contributed by atoms with van der Waals surface area (Å²) in [6.45, 7) is 0. The smallest absolute Gasteiger partial charge is 0.303 e. The summed E-state index contributed by atoms with van der Waals surface area (Å²) in [4.78, 5) is 145. The second-order valence-electron chi connectivity index (χ2n) is 16.6. The lowest BCUT2D eigenvalue weighted by atomic mass is 9.80. The number of carboxylic acid groups (broad SMARTS) is 9. The van der Waals surface area contributed by atoms with E-state index in [4.69, 9.17) is 0 Å². The molecule has 0 aliphatic heterocycles. The van der Waals surface area contributed by atoms with Crippen LogP contribution in [0.25, 0.3) is 0 Å². The Morgan fingerprint density at radius 2 is 0.394 bits per heavy atom. The van der Waals surface area contributed by atoms with Gasteiger partial charge in [0.25, 0.3) is 0 Å². The maximum atomic E-state index is 13.7. The zero-order valence-electron chi connectivity index (χ0n) is 36.9. The van der Waals surface area contributed by atoms with E-state index in [9.17, 15) is 103 Å². The van der Waals surface area contributed by atoms with Gasteiger partial charge in [0, 0.05) is 99.2 Å². The number of carboxylic acids is 9. The van der Waals surface area contributed by atoms with Crippen LogP contribution in [0.15, 0.2) is 0 Å². The number of hydrogen-bond donors (Lipinski definition) is 13. The molecule has 0 aromatic carbocycles. The van der Waals surface area contributed by atoms with Crippen molar-refractivity contribution in [2.24, 2.45) is 0 Å². The summed E-state index contributed by atoms with van der Waals surface area (Å²) >= 11 is 0. The van der Waals surface area contributed by atoms with Crippen LogP contribution in [0.1, 0.15) is 154 Å². The summed E-state index contributed by atoms with van der Waals surface area (Å²) in [5, 5.41) is 95.5. The molecule has 0 unspecified atom stereocenters. The summed E-state index contributed by atoms with van der Waals surface area (Å²) in [7, 11) is 1.40. The van der Waals surface area contributed by atoms with Crippen molar-refractivity contribution in [3.05, 3.63) is 0 Å². The van der Waals surface area contributed by atoms with Gasteiger partial charge in [0.2, 0.25) is 17.7 Å². The Labute approximate surface area is 379 Å². The van der Waals surface area contributed by atoms with Crippen LogP contribution in [-0.2, 0) is 57.5 Å². The molecule has 0 aromatic heterocycles. The molecule has 0 fully saturated rings. The molecule has 374 valence electrons. The molecule has 0 aromatic rings. The van der Waals surface area contributed by atoms with Crippen molar-refractivity contribution in [3.63, 3.8) is 0 Å². The standard InChI is InChI=1S/C41H64N4O21/c1-42-38(14-2-26(46)43-39(17-5-29(49)50,18-6-30(51)52)19-7-31(53)54,15-3-27(47)44-40(20-8-32(55)56,21-9-33(57)58)22-10-34(59)60)16-4-28(48)45-41(23-11-35(61)62,24-12-36(63)64)25-13-37(65)66/h42H,2-25H2,1H3,(H,43,46)(H,44,47)(H,45,48)(H,49,50)(H,51,52)(H,53,54)(H,55,56)(H,57,58)(H,59,60)(H,61,62)(H,63,64)(H,65,66). The van der Waals surface area contributed by atoms with E-state index in [1.165, 1.54) is 7.05 Å². The number of hydrogen-bond acceptors (Lipinski definition) is 13. The molecule has 66 heavy (non-hydrogen) atoms. The van der Waals surface area contributed by atoms with Crippen molar-refractivity contribution in [1.82, 2.24) is 21.3 Å². The van der Waals surface area contributed by atoms with Gasteiger partial charge >= 0.3 is 53.7 Å². The Morgan fingerprint density at radius 3 is 0.515 bits per heavy atom. The first-order valence-electron chi connectivity index (χ1n) is 21.2. The highest BCUT2D eigenvalue weighted by molar-refractivity contribution is 5.80. The van der Waals surface area contributed by atoms with Crippen molar-refractivity contribution in [3.8, 4) is 0 Å². The molecule has 0 saturated heterocycles. The van der Waals surface area contributed by atoms with Gasteiger partial charge in [-0.15, -0.1) is 0 Å². The van der Waals surface area contributed by atoms with Crippen molar-refractivity contribution < 1.29 is 103 Å². The van der Waals surface area contributed by atoms with Gasteiger partial charge in [0.15, 0.2) is 0 Å². The van der Waals surface area contributed by atoms with Gasteiger partial charge in [-0.1, -0.05) is 0 Å². The molecule has 25 heteroatoms. The fourth-order valence-electron chi connectivity index (χ4n) is 7.69. The fourth-order valence-corrected chi connectivity index (χ4v) is 7.69. The summed E-state index contributed by atoms with van der Waals surface area (Å²) < 4.78 is 0. The van der Waals surface area contributed by atoms with Crippen molar-refractivity contribution in [1.29, 1.82) is 0 Å². The lowest BCUT2D eigenvalue weighted by Gasteiger charge is -2.38. The minimum absolute atomic E-state index is 0.243. The molecule has 0 radical (unpaired) electrons. The highest BCUT2D eigenvalue weighted by Crippen LogP contribution is 2.32. The highest BCUT2D eigenvalue weighted by atomic mass is 16.4. The van der Waals surface area contributed by atoms with Crippen LogP contribution in [0.5, 0.6) is 0 Å². The number of nitrogens with one attached hydrogen (secondary N) is 4. The van der Waals surface area contributed by atoms with Crippen molar-refractivity contribution >= 4 is 71.4 Å². The topological polar surface area (TPSA) is 435 Å². The number of aliphatic carboxylic acids is 9. The maximum absolute atomic E-state index is 13.7. The van der Waals surface area contributed by atoms with Crippen molar-refractivity contribution in [2.75, 3.05) is 7.05 Å². The third-order valence-electron chi connectivity index (χ3n) is 11.6. The van der Waals surface area contributed by atoms with Gasteiger partial charge < -0.3 is 67.2 Å². The maximum Gasteiger partial charge on any atom is 0.303 e. The zero-order valence-corrected chi connectivity index (χ0v) is 36.9. The molecule has 0 rings (SSSR count). The predicted molar refractivity (Wildman–Crippen MR) is 224 cm³/mol. The third kappa shape index (κ3) is 26.4. The van der Waals surface area contributed by atoms with Crippen LogP contribution in [-0.4, -0.2) is 147 Å². The molecular formula is C41H64N4O21. The fraction of sp³-hybridized carbons (Fsp3) is 0.707. The first-order chi connectivity index (χ1) is 30.6. The van der Waals surface area contributed by atoms with Crippen LogP contribution in [0.4, 0.5) is 0 Å². The Hall–Kier alpha value is -6.40. The van der Waals surface area contributed by atoms with Crippen LogP contribution < -0.4 is 21.3 Å². The van der Waals surface area contributed by atoms with Crippen LogP contribution in [0.3, 0.4) is 0 Å². The van der Waals surface area contributed by atoms with E-state index >= 15 is 0 Å². The van der Waals surface area contributed by atoms with E-state index in [1.807, 2.05) is 0 Å². The van der Waals surface area contributed by atoms with E-state index in [2.05, 4.69) is 21.3 Å². The van der Waals surface area contributed by atoms with E-state index < -0.39 is 171 Å². The summed E-state index contributed by atoms with van der Waals surface area (Å²) in [5.41, 5.74) is -6.27. The van der Waals surface area contributed by atoms with Crippen LogP contribution in [0.2, 0.25) is 0 Å². The Kier molecular flexibility index (Phi) is 26.4. The molecule has 0 atom stereocenters. The molecular weight excluding hydrogens is 884 g/mol. The molecule has 0 aliphatic carbocycles. The minimum Gasteiger partial charge on any atom is -0.481 e. The van der Waals surface area contributed by atoms with Gasteiger partial charge in [-0.25, -0.2) is 0 Å². The Balaban J connectivity index is 7.10. The van der Waals surface area contributed by atoms with Crippen molar-refractivity contribution in [2.45, 2.75) is 176 Å². The summed E-state index contributed by atoms with van der Waals surface area (Å²) in [6, 6.07) is 0. The Morgan fingerprint density at radius 1 is 0.258 bits per heavy atom. The summed E-state index contributed by atoms with van der Waals surface area (Å²) in [5.74, 6) is -14.3. The zero-order chi connectivity index (χ0) is 50.7. The first-order valence-corrected chi connectivity index (χ1v) is 21.2. The van der Waals surface area contributed by atoms with E-state index in [0.717, 1.165) is 0 Å². The molecule has 3 amide bonds. The van der Waals surface area contributed by atoms with Crippen LogP contribution >= 0.6 is 0 Å². The second-order valence-corrected chi connectivity index (χ2v) is 16.6. The molecule has 25 nitrogen and oxygen atoms in total. The first kappa shape index (κ1) is 59.6. The van der Waals surface area contributed by atoms with E-state index in [-0.39, 0.29) is 77.0 Å². The lowest BCUT2D eigenvalue weighted by molar-refractivity contribution is -0.141. The number of carbonyl (C=O) groups is 12. The van der Waals surface area contributed by atoms with E-state index in [0.29, 0.717) is 0 Å². The van der Waals surface area contributed by atoms with Gasteiger partial charge in [-0.2, -0.15) is 0 Å². The largest absolute Gasteiger partial charge is 0.481 e. The second kappa shape index (κ2) is 29.2. The van der Waals surface area contributed by atoms with Gasteiger partial charge in [0.1, 0.15) is 0 Å². The molecule has 13 N–H and O–H groups in total. The predicted octanol–water partition coefficient (Wildman–Crippen LogP) is 1.63. The minimum atomic E-state index is -1.62. The number of carbonyl (C=O) groups excluding carboxylic acids is 3. The lowest BCUT2D eigenvalue weighted by Crippen LogP contribution is -2.52. The number of rotatable bonds is 40. The van der Waals surface area contributed by atoms with Crippen LogP contribution in [0, 0.1) is 0 Å². The normalized spacial score (nSPS) is 11.8. The highest BCUT2D eigenvalue weighted by Gasteiger charge is 2.39. The molecule has 0 bridgehead atoms. The van der Waals surface area contributed by atoms with Gasteiger partial charge in [-0.05, 0) is 84.1 Å². The average molecular weight is 949 g/mol. The Bertz CT molecular complexity index is 1420. The molecule has 0 saturated carbocycles. The van der Waals surface area contributed by atoms with Gasteiger partial charge in [0.05, 0.1) is 0 Å². The number of amides is 3. The monoisotopic (exact) mass is 948 g/mol. The average Bonchev–Trinajstić information content (AvgIpc) is 3.22. The molecule has 0 heterocycles. The molecule has 0 aliphatic rings. The SMILES string of the molecule is CNC(CCC(=O)NC(CCC(=O)O)(CCC(=O)O)CCC(=O)O)(CCC(=O)NC(CCC(=O)O)(CCC(=O)O)CCC(=O)O)CCC(=O)NC(CCC(=O)O)(CCC(=O)O)CCC(=O)O. The van der Waals surface area contributed by atoms with E-state index in [1.54, 1.807) is 0 Å². The quantitative estimate of drug-likeness (QED) is 0.0415. The summed E-state index contributed by atoms with van der Waals surface area (Å²) in [6.07, 6.45) is -10.6. The van der Waals surface area contributed by atoms with Gasteiger partial charge in [-0.3, -0.25) is 57.5 Å². The third-order valence-corrected chi connectivity index (χ3v) is 11.6.